The smallest absolute Gasteiger partial charge is 0.337 e. The molecule has 0 N–H and O–H groups in total. The van der Waals surface area contributed by atoms with Gasteiger partial charge in [0, 0.05) is 38.3 Å². The van der Waals surface area contributed by atoms with Gasteiger partial charge in [0.25, 0.3) is 5.91 Å². The molecule has 0 spiro atoms. The van der Waals surface area contributed by atoms with Gasteiger partial charge in [-0.3, -0.25) is 9.69 Å². The Morgan fingerprint density at radius 2 is 1.65 bits per heavy atom. The van der Waals surface area contributed by atoms with Gasteiger partial charge in [-0.15, -0.1) is 0 Å². The SMILES string of the molecule is COC(=O)c1ccc(CN2CCC(Oc3cccc(C(=O)N4CCCC4)c3)CC2)cc1. The molecule has 2 aliphatic rings. The van der Waals surface area contributed by atoms with Crippen molar-refractivity contribution in [2.24, 2.45) is 0 Å². The molecule has 0 saturated carbocycles. The number of piperidine rings is 1. The van der Waals surface area contributed by atoms with Crippen LogP contribution in [0, 0.1) is 0 Å². The van der Waals surface area contributed by atoms with Crippen LogP contribution in [0.5, 0.6) is 5.75 Å². The average Bonchev–Trinajstić information content (AvgIpc) is 3.35. The molecule has 164 valence electrons. The summed E-state index contributed by atoms with van der Waals surface area (Å²) >= 11 is 0. The maximum Gasteiger partial charge on any atom is 0.337 e. The van der Waals surface area contributed by atoms with Crippen molar-refractivity contribution in [3.05, 3.63) is 65.2 Å². The third-order valence-corrected chi connectivity index (χ3v) is 6.09. The Hall–Kier alpha value is -2.86. The fraction of sp³-hybridized carbons (Fsp3) is 0.440. The third-order valence-electron chi connectivity index (χ3n) is 6.09. The quantitative estimate of drug-likeness (QED) is 0.664. The minimum absolute atomic E-state index is 0.107. The molecule has 31 heavy (non-hydrogen) atoms. The van der Waals surface area contributed by atoms with Gasteiger partial charge in [-0.1, -0.05) is 18.2 Å². The second kappa shape index (κ2) is 9.96. The van der Waals surface area contributed by atoms with E-state index in [1.807, 2.05) is 53.4 Å². The minimum atomic E-state index is -0.310. The molecule has 0 atom stereocenters. The number of likely N-dealkylation sites (tertiary alicyclic amines) is 2. The summed E-state index contributed by atoms with van der Waals surface area (Å²) in [4.78, 5) is 28.5. The summed E-state index contributed by atoms with van der Waals surface area (Å²) in [6, 6.07) is 15.2. The summed E-state index contributed by atoms with van der Waals surface area (Å²) in [6.07, 6.45) is 4.25. The first-order chi connectivity index (χ1) is 15.1. The largest absolute Gasteiger partial charge is 0.490 e. The number of hydrogen-bond donors (Lipinski definition) is 0. The van der Waals surface area contributed by atoms with E-state index in [0.717, 1.165) is 64.2 Å². The van der Waals surface area contributed by atoms with Gasteiger partial charge in [0.2, 0.25) is 0 Å². The van der Waals surface area contributed by atoms with E-state index in [2.05, 4.69) is 4.90 Å². The van der Waals surface area contributed by atoms with E-state index in [-0.39, 0.29) is 18.0 Å². The van der Waals surface area contributed by atoms with E-state index in [0.29, 0.717) is 11.1 Å². The van der Waals surface area contributed by atoms with Crippen LogP contribution < -0.4 is 4.74 Å². The van der Waals surface area contributed by atoms with Crippen molar-refractivity contribution in [1.29, 1.82) is 0 Å². The van der Waals surface area contributed by atoms with Gasteiger partial charge in [-0.05, 0) is 61.6 Å². The zero-order chi connectivity index (χ0) is 21.6. The molecular weight excluding hydrogens is 392 g/mol. The lowest BCUT2D eigenvalue weighted by molar-refractivity contribution is 0.0600. The number of benzene rings is 2. The molecule has 0 bridgehead atoms. The van der Waals surface area contributed by atoms with E-state index >= 15 is 0 Å². The average molecular weight is 423 g/mol. The second-order valence-electron chi connectivity index (χ2n) is 8.31. The van der Waals surface area contributed by atoms with Crippen LogP contribution in [0.2, 0.25) is 0 Å². The molecule has 1 amide bonds. The van der Waals surface area contributed by atoms with Crippen molar-refractivity contribution in [2.45, 2.75) is 38.3 Å². The molecule has 4 rings (SSSR count). The van der Waals surface area contributed by atoms with Gasteiger partial charge in [0.15, 0.2) is 0 Å². The maximum absolute atomic E-state index is 12.6. The van der Waals surface area contributed by atoms with Crippen molar-refractivity contribution in [1.82, 2.24) is 9.80 Å². The Bertz CT molecular complexity index is 898. The Morgan fingerprint density at radius 1 is 0.935 bits per heavy atom. The van der Waals surface area contributed by atoms with Crippen molar-refractivity contribution in [2.75, 3.05) is 33.3 Å². The number of esters is 1. The van der Waals surface area contributed by atoms with Crippen molar-refractivity contribution >= 4 is 11.9 Å². The van der Waals surface area contributed by atoms with Crippen molar-refractivity contribution in [3.8, 4) is 5.75 Å². The fourth-order valence-corrected chi connectivity index (χ4v) is 4.31. The van der Waals surface area contributed by atoms with Gasteiger partial charge in [0.1, 0.15) is 11.9 Å². The number of rotatable bonds is 6. The monoisotopic (exact) mass is 422 g/mol. The zero-order valence-electron chi connectivity index (χ0n) is 18.1. The van der Waals surface area contributed by atoms with Crippen LogP contribution in [0.4, 0.5) is 0 Å². The lowest BCUT2D eigenvalue weighted by Gasteiger charge is -2.32. The van der Waals surface area contributed by atoms with Crippen LogP contribution in [0.3, 0.4) is 0 Å². The van der Waals surface area contributed by atoms with E-state index in [1.54, 1.807) is 0 Å². The third kappa shape index (κ3) is 5.44. The van der Waals surface area contributed by atoms with Gasteiger partial charge in [-0.25, -0.2) is 4.79 Å². The number of ether oxygens (including phenoxy) is 2. The molecule has 6 nitrogen and oxygen atoms in total. The number of carbonyl (C=O) groups is 2. The predicted molar refractivity (Wildman–Crippen MR) is 118 cm³/mol. The topological polar surface area (TPSA) is 59.1 Å². The summed E-state index contributed by atoms with van der Waals surface area (Å²) in [5.74, 6) is 0.577. The van der Waals surface area contributed by atoms with E-state index in [9.17, 15) is 9.59 Å². The van der Waals surface area contributed by atoms with Crippen LogP contribution in [0.25, 0.3) is 0 Å². The summed E-state index contributed by atoms with van der Waals surface area (Å²) in [5, 5.41) is 0. The van der Waals surface area contributed by atoms with Crippen LogP contribution >= 0.6 is 0 Å². The number of hydrogen-bond acceptors (Lipinski definition) is 5. The molecule has 0 aromatic heterocycles. The maximum atomic E-state index is 12.6. The minimum Gasteiger partial charge on any atom is -0.490 e. The molecule has 2 aromatic carbocycles. The number of carbonyl (C=O) groups excluding carboxylic acids is 2. The molecule has 2 heterocycles. The lowest BCUT2D eigenvalue weighted by Crippen LogP contribution is -2.37. The van der Waals surface area contributed by atoms with Gasteiger partial charge in [-0.2, -0.15) is 0 Å². The highest BCUT2D eigenvalue weighted by Crippen LogP contribution is 2.23. The summed E-state index contributed by atoms with van der Waals surface area (Å²) in [7, 11) is 1.39. The second-order valence-corrected chi connectivity index (χ2v) is 8.31. The van der Waals surface area contributed by atoms with Crippen LogP contribution in [0.15, 0.2) is 48.5 Å². The Kier molecular flexibility index (Phi) is 6.87. The van der Waals surface area contributed by atoms with Crippen LogP contribution in [0.1, 0.15) is 52.0 Å². The van der Waals surface area contributed by atoms with Crippen LogP contribution in [-0.2, 0) is 11.3 Å². The van der Waals surface area contributed by atoms with E-state index < -0.39 is 0 Å². The molecule has 2 saturated heterocycles. The first-order valence-corrected chi connectivity index (χ1v) is 11.1. The highest BCUT2D eigenvalue weighted by Gasteiger charge is 2.22. The van der Waals surface area contributed by atoms with E-state index in [1.165, 1.54) is 12.7 Å². The normalized spacial score (nSPS) is 17.5. The highest BCUT2D eigenvalue weighted by molar-refractivity contribution is 5.94. The predicted octanol–water partition coefficient (Wildman–Crippen LogP) is 3.75. The summed E-state index contributed by atoms with van der Waals surface area (Å²) in [6.45, 7) is 4.47. The first-order valence-electron chi connectivity index (χ1n) is 11.1. The lowest BCUT2D eigenvalue weighted by atomic mass is 10.1. The number of nitrogens with zero attached hydrogens (tertiary/aromatic N) is 2. The Balaban J connectivity index is 1.27. The molecular formula is C25H30N2O4. The van der Waals surface area contributed by atoms with Gasteiger partial charge in [0.05, 0.1) is 12.7 Å². The van der Waals surface area contributed by atoms with E-state index in [4.69, 9.17) is 9.47 Å². The molecule has 0 unspecified atom stereocenters. The summed E-state index contributed by atoms with van der Waals surface area (Å²) < 4.78 is 11.0. The molecule has 6 heteroatoms. The molecule has 2 aromatic rings. The Labute approximate surface area is 183 Å². The Morgan fingerprint density at radius 3 is 2.32 bits per heavy atom. The first kappa shape index (κ1) is 21.4. The fourth-order valence-electron chi connectivity index (χ4n) is 4.31. The van der Waals surface area contributed by atoms with Crippen molar-refractivity contribution in [3.63, 3.8) is 0 Å². The van der Waals surface area contributed by atoms with Gasteiger partial charge >= 0.3 is 5.97 Å². The zero-order valence-corrected chi connectivity index (χ0v) is 18.1. The molecule has 2 aliphatic heterocycles. The standard InChI is InChI=1S/C25H30N2O4/c1-30-25(29)20-9-7-19(8-10-20)18-26-15-11-22(12-16-26)31-23-6-4-5-21(17-23)24(28)27-13-2-3-14-27/h4-10,17,22H,2-3,11-16,18H2,1H3. The van der Waals surface area contributed by atoms with Crippen LogP contribution in [-0.4, -0.2) is 61.1 Å². The van der Waals surface area contributed by atoms with Gasteiger partial charge < -0.3 is 14.4 Å². The molecule has 2 fully saturated rings. The molecule has 0 aliphatic carbocycles. The highest BCUT2D eigenvalue weighted by atomic mass is 16.5. The molecule has 0 radical (unpaired) electrons. The number of amides is 1. The van der Waals surface area contributed by atoms with Crippen molar-refractivity contribution < 1.29 is 19.1 Å². The summed E-state index contributed by atoms with van der Waals surface area (Å²) in [5.41, 5.74) is 2.47. The number of methoxy groups -OCH3 is 1.